The first-order valence-electron chi connectivity index (χ1n) is 10.9. The van der Waals surface area contributed by atoms with Gasteiger partial charge in [0.1, 0.15) is 12.4 Å². The van der Waals surface area contributed by atoms with Gasteiger partial charge >= 0.3 is 11.9 Å². The van der Waals surface area contributed by atoms with Crippen LogP contribution in [-0.4, -0.2) is 48.1 Å². The molecule has 11 heteroatoms. The lowest BCUT2D eigenvalue weighted by atomic mass is 9.80. The molecule has 11 nitrogen and oxygen atoms in total. The van der Waals surface area contributed by atoms with Crippen molar-refractivity contribution in [1.82, 2.24) is 10.6 Å². The fourth-order valence-electron chi connectivity index (χ4n) is 3.90. The highest BCUT2D eigenvalue weighted by molar-refractivity contribution is 6.00. The Kier molecular flexibility index (Phi) is 8.05. The van der Waals surface area contributed by atoms with Gasteiger partial charge in [-0.3, -0.25) is 14.9 Å². The molecule has 2 aromatic rings. The molecule has 0 aromatic heterocycles. The summed E-state index contributed by atoms with van der Waals surface area (Å²) in [5.41, 5.74) is 1.53. The summed E-state index contributed by atoms with van der Waals surface area (Å²) in [6, 6.07) is 11.3. The zero-order valence-electron chi connectivity index (χ0n) is 19.9. The van der Waals surface area contributed by atoms with Crippen LogP contribution < -0.4 is 10.6 Å². The Labute approximate surface area is 206 Å². The summed E-state index contributed by atoms with van der Waals surface area (Å²) in [4.78, 5) is 48.8. The monoisotopic (exact) mass is 495 g/mol. The fourth-order valence-corrected chi connectivity index (χ4v) is 3.90. The number of aromatic hydroxyl groups is 1. The van der Waals surface area contributed by atoms with E-state index in [1.54, 1.807) is 19.9 Å². The molecule has 0 spiro atoms. The number of methoxy groups -OCH3 is 1. The molecule has 2 aromatic carbocycles. The topological polar surface area (TPSA) is 157 Å². The van der Waals surface area contributed by atoms with E-state index < -0.39 is 28.7 Å². The predicted octanol–water partition coefficient (Wildman–Crippen LogP) is 2.68. The van der Waals surface area contributed by atoms with Gasteiger partial charge in [-0.25, -0.2) is 9.59 Å². The molecule has 1 atom stereocenters. The maximum absolute atomic E-state index is 13.2. The molecule has 0 bridgehead atoms. The number of nitrogens with zero attached hydrogens (tertiary/aromatic N) is 1. The van der Waals surface area contributed by atoms with Gasteiger partial charge < -0.3 is 25.2 Å². The average Bonchev–Trinajstić information content (AvgIpc) is 2.85. The molecule has 0 aliphatic carbocycles. The van der Waals surface area contributed by atoms with Gasteiger partial charge in [-0.15, -0.1) is 0 Å². The van der Waals surface area contributed by atoms with Crippen LogP contribution in [0, 0.1) is 10.1 Å². The van der Waals surface area contributed by atoms with Crippen LogP contribution in [0.3, 0.4) is 0 Å². The number of ether oxygens (including phenoxy) is 2. The van der Waals surface area contributed by atoms with Crippen LogP contribution in [0.25, 0.3) is 0 Å². The number of carbonyl (C=O) groups excluding carboxylic acids is 3. The quantitative estimate of drug-likeness (QED) is 0.217. The molecule has 0 fully saturated rings. The molecular weight excluding hydrogens is 470 g/mol. The van der Waals surface area contributed by atoms with E-state index in [1.165, 1.54) is 49.6 Å². The molecule has 36 heavy (non-hydrogen) atoms. The molecular formula is C25H25N3O8. The fraction of sp³-hybridized carbons (Fsp3) is 0.240. The number of benzene rings is 2. The van der Waals surface area contributed by atoms with Crippen LogP contribution in [-0.2, 0) is 19.1 Å². The first-order chi connectivity index (χ1) is 17.1. The Morgan fingerprint density at radius 3 is 2.31 bits per heavy atom. The Balaban J connectivity index is 1.81. The lowest BCUT2D eigenvalue weighted by Crippen LogP contribution is -2.33. The highest BCUT2D eigenvalue weighted by Crippen LogP contribution is 2.40. The first-order valence-corrected chi connectivity index (χ1v) is 10.9. The van der Waals surface area contributed by atoms with Crippen molar-refractivity contribution >= 4 is 23.5 Å². The van der Waals surface area contributed by atoms with Gasteiger partial charge in [-0.1, -0.05) is 12.1 Å². The standard InChI is InChI=1S/C25H25N3O8/c1-14-20(24(31)35-3)22(17-5-4-6-18(13-17)28(33)34)21(15(2)27-14)25(32)36-12-11-26-23(30)16-7-9-19(29)10-8-16/h4-10,13,22,27,29H,11-12H2,1-3H3,(H,26,30)/t22-/m1/s1. The Bertz CT molecular complexity index is 1260. The molecule has 3 N–H and O–H groups in total. The highest BCUT2D eigenvalue weighted by atomic mass is 16.6. The summed E-state index contributed by atoms with van der Waals surface area (Å²) >= 11 is 0. The maximum atomic E-state index is 13.2. The van der Waals surface area contributed by atoms with Crippen molar-refractivity contribution in [2.75, 3.05) is 20.3 Å². The number of rotatable bonds is 8. The van der Waals surface area contributed by atoms with E-state index in [0.29, 0.717) is 22.5 Å². The summed E-state index contributed by atoms with van der Waals surface area (Å²) in [5, 5.41) is 26.3. The molecule has 0 saturated carbocycles. The van der Waals surface area contributed by atoms with Gasteiger partial charge in [0.25, 0.3) is 11.6 Å². The molecule has 0 saturated heterocycles. The van der Waals surface area contributed by atoms with Gasteiger partial charge in [0.15, 0.2) is 0 Å². The second-order valence-corrected chi connectivity index (χ2v) is 7.92. The Hall–Kier alpha value is -4.67. The number of carbonyl (C=O) groups is 3. The van der Waals surface area contributed by atoms with Gasteiger partial charge in [0.2, 0.25) is 0 Å². The van der Waals surface area contributed by atoms with Crippen LogP contribution >= 0.6 is 0 Å². The van der Waals surface area contributed by atoms with E-state index in [-0.39, 0.29) is 35.7 Å². The molecule has 1 aliphatic heterocycles. The zero-order valence-corrected chi connectivity index (χ0v) is 19.9. The SMILES string of the molecule is COC(=O)C1=C(C)NC(C)=C(C(=O)OCCNC(=O)c2ccc(O)cc2)[C@@H]1c1cccc([N+](=O)[O-])c1. The number of phenols is 1. The zero-order chi connectivity index (χ0) is 26.4. The molecule has 1 aliphatic rings. The number of nitro benzene ring substituents is 1. The largest absolute Gasteiger partial charge is 0.508 e. The number of phenolic OH excluding ortho intramolecular Hbond substituents is 1. The minimum absolute atomic E-state index is 0.00536. The molecule has 0 unspecified atom stereocenters. The third-order valence-electron chi connectivity index (χ3n) is 5.55. The number of hydrogen-bond acceptors (Lipinski definition) is 9. The van der Waals surface area contributed by atoms with Crippen LogP contribution in [0.2, 0.25) is 0 Å². The summed E-state index contributed by atoms with van der Waals surface area (Å²) in [6.45, 7) is 3.11. The number of nitro groups is 1. The predicted molar refractivity (Wildman–Crippen MR) is 128 cm³/mol. The van der Waals surface area contributed by atoms with Crippen LogP contribution in [0.4, 0.5) is 5.69 Å². The highest BCUT2D eigenvalue weighted by Gasteiger charge is 2.38. The first kappa shape index (κ1) is 25.9. The van der Waals surface area contributed by atoms with Gasteiger partial charge in [0, 0.05) is 29.1 Å². The number of hydrogen-bond donors (Lipinski definition) is 3. The van der Waals surface area contributed by atoms with Gasteiger partial charge in [-0.05, 0) is 43.7 Å². The minimum atomic E-state index is -0.974. The second kappa shape index (κ2) is 11.2. The van der Waals surface area contributed by atoms with Gasteiger partial charge in [0.05, 0.1) is 35.6 Å². The lowest BCUT2D eigenvalue weighted by molar-refractivity contribution is -0.384. The number of non-ortho nitro benzene ring substituents is 1. The van der Waals surface area contributed by atoms with Crippen molar-refractivity contribution in [3.05, 3.63) is 92.3 Å². The van der Waals surface area contributed by atoms with Crippen molar-refractivity contribution in [2.24, 2.45) is 0 Å². The molecule has 188 valence electrons. The summed E-state index contributed by atoms with van der Waals surface area (Å²) in [7, 11) is 1.20. The summed E-state index contributed by atoms with van der Waals surface area (Å²) in [6.07, 6.45) is 0. The van der Waals surface area contributed by atoms with E-state index in [1.807, 2.05) is 0 Å². The van der Waals surface area contributed by atoms with Crippen molar-refractivity contribution in [3.8, 4) is 5.75 Å². The maximum Gasteiger partial charge on any atom is 0.336 e. The van der Waals surface area contributed by atoms with Crippen molar-refractivity contribution < 1.29 is 33.9 Å². The van der Waals surface area contributed by atoms with Crippen molar-refractivity contribution in [3.63, 3.8) is 0 Å². The van der Waals surface area contributed by atoms with Crippen LogP contribution in [0.5, 0.6) is 5.75 Å². The normalized spacial score (nSPS) is 15.1. The van der Waals surface area contributed by atoms with E-state index >= 15 is 0 Å². The molecule has 3 rings (SSSR count). The van der Waals surface area contributed by atoms with Crippen LogP contribution in [0.1, 0.15) is 35.7 Å². The van der Waals surface area contributed by atoms with E-state index in [2.05, 4.69) is 10.6 Å². The number of dihydropyridines is 1. The Morgan fingerprint density at radius 1 is 1.06 bits per heavy atom. The van der Waals surface area contributed by atoms with Crippen LogP contribution in [0.15, 0.2) is 71.1 Å². The second-order valence-electron chi connectivity index (χ2n) is 7.92. The number of allylic oxidation sites excluding steroid dienone is 2. The van der Waals surface area contributed by atoms with Gasteiger partial charge in [-0.2, -0.15) is 0 Å². The smallest absolute Gasteiger partial charge is 0.336 e. The van der Waals surface area contributed by atoms with E-state index in [4.69, 9.17) is 9.47 Å². The molecule has 1 amide bonds. The Morgan fingerprint density at radius 2 is 1.69 bits per heavy atom. The lowest BCUT2D eigenvalue weighted by Gasteiger charge is -2.30. The number of nitrogens with one attached hydrogen (secondary N) is 2. The summed E-state index contributed by atoms with van der Waals surface area (Å²) < 4.78 is 10.3. The van der Waals surface area contributed by atoms with E-state index in [9.17, 15) is 29.6 Å². The van der Waals surface area contributed by atoms with E-state index in [0.717, 1.165) is 0 Å². The number of amides is 1. The molecule has 1 heterocycles. The molecule has 0 radical (unpaired) electrons. The summed E-state index contributed by atoms with van der Waals surface area (Å²) in [5.74, 6) is -2.82. The average molecular weight is 495 g/mol. The minimum Gasteiger partial charge on any atom is -0.508 e. The van der Waals surface area contributed by atoms with Crippen molar-refractivity contribution in [1.29, 1.82) is 0 Å². The van der Waals surface area contributed by atoms with Crippen molar-refractivity contribution in [2.45, 2.75) is 19.8 Å². The third-order valence-corrected chi connectivity index (χ3v) is 5.55. The third kappa shape index (κ3) is 5.69. The number of esters is 2.